The maximum Gasteiger partial charge on any atom is 0.258 e. The maximum atomic E-state index is 12.6. The van der Waals surface area contributed by atoms with Gasteiger partial charge in [0.05, 0.1) is 0 Å². The molecule has 0 atom stereocenters. The minimum Gasteiger partial charge on any atom is -0.311 e. The Labute approximate surface area is 153 Å². The van der Waals surface area contributed by atoms with Gasteiger partial charge >= 0.3 is 0 Å². The SMILES string of the molecule is CN(C(=O)c1ccc(C(=O)N(C)c2ccccc2)cc1)c1ccccc1. The molecule has 0 aromatic heterocycles. The molecule has 0 bridgehead atoms. The molecular weight excluding hydrogens is 324 g/mol. The van der Waals surface area contributed by atoms with Crippen LogP contribution in [-0.4, -0.2) is 25.9 Å². The highest BCUT2D eigenvalue weighted by molar-refractivity contribution is 6.08. The van der Waals surface area contributed by atoms with Crippen LogP contribution in [0.15, 0.2) is 84.9 Å². The second kappa shape index (κ2) is 7.66. The number of para-hydroxylation sites is 2. The number of rotatable bonds is 4. The van der Waals surface area contributed by atoms with Crippen molar-refractivity contribution in [2.24, 2.45) is 0 Å². The van der Waals surface area contributed by atoms with Crippen molar-refractivity contribution in [3.63, 3.8) is 0 Å². The zero-order valence-corrected chi connectivity index (χ0v) is 14.8. The Morgan fingerprint density at radius 1 is 0.538 bits per heavy atom. The Hall–Kier alpha value is -3.40. The zero-order valence-electron chi connectivity index (χ0n) is 14.8. The maximum absolute atomic E-state index is 12.6. The molecule has 3 rings (SSSR count). The minimum atomic E-state index is -0.119. The van der Waals surface area contributed by atoms with Crippen LogP contribution in [-0.2, 0) is 0 Å². The quantitative estimate of drug-likeness (QED) is 0.710. The average molecular weight is 344 g/mol. The molecule has 0 saturated heterocycles. The summed E-state index contributed by atoms with van der Waals surface area (Å²) in [4.78, 5) is 28.4. The Kier molecular flexibility index (Phi) is 5.13. The van der Waals surface area contributed by atoms with Crippen LogP contribution < -0.4 is 9.80 Å². The number of carbonyl (C=O) groups excluding carboxylic acids is 2. The summed E-state index contributed by atoms with van der Waals surface area (Å²) < 4.78 is 0. The molecule has 0 heterocycles. The zero-order chi connectivity index (χ0) is 18.5. The molecule has 130 valence electrons. The number of hydrogen-bond donors (Lipinski definition) is 0. The van der Waals surface area contributed by atoms with E-state index in [2.05, 4.69) is 0 Å². The number of hydrogen-bond acceptors (Lipinski definition) is 2. The van der Waals surface area contributed by atoms with Crippen molar-refractivity contribution in [2.75, 3.05) is 23.9 Å². The van der Waals surface area contributed by atoms with E-state index >= 15 is 0 Å². The Balaban J connectivity index is 1.76. The van der Waals surface area contributed by atoms with Crippen molar-refractivity contribution >= 4 is 23.2 Å². The lowest BCUT2D eigenvalue weighted by molar-refractivity contribution is 0.0981. The number of amides is 2. The fraction of sp³-hybridized carbons (Fsp3) is 0.0909. The molecule has 0 aliphatic heterocycles. The Morgan fingerprint density at radius 2 is 0.846 bits per heavy atom. The van der Waals surface area contributed by atoms with Gasteiger partial charge in [-0.25, -0.2) is 0 Å². The number of benzene rings is 3. The first-order chi connectivity index (χ1) is 12.6. The van der Waals surface area contributed by atoms with Gasteiger partial charge in [0.2, 0.25) is 0 Å². The standard InChI is InChI=1S/C22H20N2O2/c1-23(19-9-5-3-6-10-19)21(25)17-13-15-18(16-14-17)22(26)24(2)20-11-7-4-8-12-20/h3-16H,1-2H3. The van der Waals surface area contributed by atoms with Crippen LogP contribution in [0.5, 0.6) is 0 Å². The van der Waals surface area contributed by atoms with E-state index in [4.69, 9.17) is 0 Å². The second-order valence-corrected chi connectivity index (χ2v) is 5.98. The highest BCUT2D eigenvalue weighted by Crippen LogP contribution is 2.18. The predicted octanol–water partition coefficient (Wildman–Crippen LogP) is 4.24. The van der Waals surface area contributed by atoms with E-state index in [-0.39, 0.29) is 11.8 Å². The van der Waals surface area contributed by atoms with Crippen molar-refractivity contribution in [1.29, 1.82) is 0 Å². The molecule has 0 saturated carbocycles. The Morgan fingerprint density at radius 3 is 1.15 bits per heavy atom. The second-order valence-electron chi connectivity index (χ2n) is 5.98. The van der Waals surface area contributed by atoms with Crippen LogP contribution in [0.1, 0.15) is 20.7 Å². The molecule has 0 aliphatic rings. The van der Waals surface area contributed by atoms with Crippen LogP contribution in [0, 0.1) is 0 Å². The summed E-state index contributed by atoms with van der Waals surface area (Å²) in [5.74, 6) is -0.238. The van der Waals surface area contributed by atoms with Crippen molar-refractivity contribution in [3.8, 4) is 0 Å². The molecule has 2 amide bonds. The van der Waals surface area contributed by atoms with Crippen molar-refractivity contribution in [1.82, 2.24) is 0 Å². The van der Waals surface area contributed by atoms with Gasteiger partial charge in [0.15, 0.2) is 0 Å². The molecule has 0 N–H and O–H groups in total. The number of carbonyl (C=O) groups is 2. The lowest BCUT2D eigenvalue weighted by Crippen LogP contribution is -2.27. The van der Waals surface area contributed by atoms with E-state index in [0.29, 0.717) is 11.1 Å². The van der Waals surface area contributed by atoms with Gasteiger partial charge in [-0.3, -0.25) is 9.59 Å². The van der Waals surface area contributed by atoms with Crippen molar-refractivity contribution in [3.05, 3.63) is 96.1 Å². The van der Waals surface area contributed by atoms with E-state index in [1.807, 2.05) is 60.7 Å². The monoisotopic (exact) mass is 344 g/mol. The first kappa shape index (κ1) is 17.4. The molecule has 3 aromatic rings. The fourth-order valence-corrected chi connectivity index (χ4v) is 2.68. The minimum absolute atomic E-state index is 0.119. The number of anilines is 2. The fourth-order valence-electron chi connectivity index (χ4n) is 2.68. The largest absolute Gasteiger partial charge is 0.311 e. The summed E-state index contributed by atoms with van der Waals surface area (Å²) in [5, 5.41) is 0. The van der Waals surface area contributed by atoms with Gasteiger partial charge in [0, 0.05) is 36.6 Å². The van der Waals surface area contributed by atoms with E-state index in [1.54, 1.807) is 48.2 Å². The molecule has 0 spiro atoms. The van der Waals surface area contributed by atoms with Crippen LogP contribution in [0.25, 0.3) is 0 Å². The van der Waals surface area contributed by atoms with Gasteiger partial charge in [0.1, 0.15) is 0 Å². The summed E-state index contributed by atoms with van der Waals surface area (Å²) in [7, 11) is 3.47. The molecule has 0 unspecified atom stereocenters. The molecular formula is C22H20N2O2. The highest BCUT2D eigenvalue weighted by atomic mass is 16.2. The molecule has 0 radical (unpaired) electrons. The summed E-state index contributed by atoms with van der Waals surface area (Å²) >= 11 is 0. The van der Waals surface area contributed by atoms with Crippen LogP contribution >= 0.6 is 0 Å². The van der Waals surface area contributed by atoms with Crippen LogP contribution in [0.4, 0.5) is 11.4 Å². The van der Waals surface area contributed by atoms with E-state index in [9.17, 15) is 9.59 Å². The van der Waals surface area contributed by atoms with Gasteiger partial charge in [0.25, 0.3) is 11.8 Å². The summed E-state index contributed by atoms with van der Waals surface area (Å²) in [6, 6.07) is 25.6. The predicted molar refractivity (Wildman–Crippen MR) is 105 cm³/mol. The topological polar surface area (TPSA) is 40.6 Å². The normalized spacial score (nSPS) is 10.2. The summed E-state index contributed by atoms with van der Waals surface area (Å²) in [6.07, 6.45) is 0. The van der Waals surface area contributed by atoms with Gasteiger partial charge in [-0.2, -0.15) is 0 Å². The van der Waals surface area contributed by atoms with Gasteiger partial charge in [-0.1, -0.05) is 36.4 Å². The van der Waals surface area contributed by atoms with Crippen molar-refractivity contribution in [2.45, 2.75) is 0 Å². The highest BCUT2D eigenvalue weighted by Gasteiger charge is 2.16. The third kappa shape index (κ3) is 3.64. The van der Waals surface area contributed by atoms with Gasteiger partial charge in [-0.15, -0.1) is 0 Å². The van der Waals surface area contributed by atoms with E-state index < -0.39 is 0 Å². The average Bonchev–Trinajstić information content (AvgIpc) is 2.73. The van der Waals surface area contributed by atoms with E-state index in [0.717, 1.165) is 11.4 Å². The Bertz CT molecular complexity index is 814. The lowest BCUT2D eigenvalue weighted by atomic mass is 10.1. The molecule has 3 aromatic carbocycles. The molecule has 26 heavy (non-hydrogen) atoms. The third-order valence-electron chi connectivity index (χ3n) is 4.28. The van der Waals surface area contributed by atoms with Gasteiger partial charge < -0.3 is 9.80 Å². The molecule has 4 heteroatoms. The van der Waals surface area contributed by atoms with E-state index in [1.165, 1.54) is 0 Å². The first-order valence-electron chi connectivity index (χ1n) is 8.34. The smallest absolute Gasteiger partial charge is 0.258 e. The number of nitrogens with zero attached hydrogens (tertiary/aromatic N) is 2. The third-order valence-corrected chi connectivity index (χ3v) is 4.28. The molecule has 4 nitrogen and oxygen atoms in total. The summed E-state index contributed by atoms with van der Waals surface area (Å²) in [6.45, 7) is 0. The van der Waals surface area contributed by atoms with Gasteiger partial charge in [-0.05, 0) is 48.5 Å². The van der Waals surface area contributed by atoms with Crippen LogP contribution in [0.3, 0.4) is 0 Å². The first-order valence-corrected chi connectivity index (χ1v) is 8.34. The lowest BCUT2D eigenvalue weighted by Gasteiger charge is -2.19. The van der Waals surface area contributed by atoms with Crippen molar-refractivity contribution < 1.29 is 9.59 Å². The van der Waals surface area contributed by atoms with Crippen LogP contribution in [0.2, 0.25) is 0 Å². The molecule has 0 fully saturated rings. The summed E-state index contributed by atoms with van der Waals surface area (Å²) in [5.41, 5.74) is 2.72. The molecule has 0 aliphatic carbocycles.